The van der Waals surface area contributed by atoms with E-state index in [-0.39, 0.29) is 11.4 Å². The maximum atomic E-state index is 13.9. The minimum Gasteiger partial charge on any atom is -0.345 e. The zero-order valence-electron chi connectivity index (χ0n) is 15.4. The molecular formula is C22H17F2N3OS. The van der Waals surface area contributed by atoms with E-state index in [9.17, 15) is 13.6 Å². The molecule has 2 heterocycles. The van der Waals surface area contributed by atoms with Crippen LogP contribution in [0.2, 0.25) is 0 Å². The molecule has 4 nitrogen and oxygen atoms in total. The summed E-state index contributed by atoms with van der Waals surface area (Å²) in [6, 6.07) is 15.8. The van der Waals surface area contributed by atoms with Crippen molar-refractivity contribution in [3.05, 3.63) is 71.8 Å². The largest absolute Gasteiger partial charge is 0.345 e. The summed E-state index contributed by atoms with van der Waals surface area (Å²) < 4.78 is 27.9. The summed E-state index contributed by atoms with van der Waals surface area (Å²) >= 11 is 1.27. The Morgan fingerprint density at radius 1 is 0.966 bits per heavy atom. The lowest BCUT2D eigenvalue weighted by atomic mass is 10.0. The van der Waals surface area contributed by atoms with E-state index in [1.165, 1.54) is 17.4 Å². The molecule has 1 aliphatic heterocycles. The summed E-state index contributed by atoms with van der Waals surface area (Å²) in [5.74, 6) is -1.23. The molecule has 146 valence electrons. The molecule has 29 heavy (non-hydrogen) atoms. The number of thiazole rings is 1. The van der Waals surface area contributed by atoms with Crippen LogP contribution in [0.25, 0.3) is 21.0 Å². The smallest absolute Gasteiger partial charge is 0.254 e. The number of carbonyl (C=O) groups excluding carboxylic acids is 1. The second-order valence-corrected chi connectivity index (χ2v) is 8.05. The van der Waals surface area contributed by atoms with Crippen molar-refractivity contribution in [1.29, 1.82) is 0 Å². The number of fused-ring (bicyclic) bond motifs is 2. The second kappa shape index (κ2) is 7.08. The van der Waals surface area contributed by atoms with Gasteiger partial charge in [-0.15, -0.1) is 0 Å². The van der Waals surface area contributed by atoms with Crippen LogP contribution < -0.4 is 4.90 Å². The van der Waals surface area contributed by atoms with Crippen LogP contribution in [-0.4, -0.2) is 42.0 Å². The van der Waals surface area contributed by atoms with Crippen molar-refractivity contribution >= 4 is 43.4 Å². The second-order valence-electron chi connectivity index (χ2n) is 7.04. The van der Waals surface area contributed by atoms with Gasteiger partial charge in [0.2, 0.25) is 0 Å². The Bertz CT molecular complexity index is 1230. The van der Waals surface area contributed by atoms with Gasteiger partial charge in [0.05, 0.1) is 4.70 Å². The molecule has 4 aromatic rings. The number of hydrogen-bond donors (Lipinski definition) is 0. The van der Waals surface area contributed by atoms with Crippen molar-refractivity contribution in [2.24, 2.45) is 0 Å². The molecule has 7 heteroatoms. The van der Waals surface area contributed by atoms with Gasteiger partial charge in [-0.25, -0.2) is 13.8 Å². The highest BCUT2D eigenvalue weighted by Gasteiger charge is 2.25. The third-order valence-electron chi connectivity index (χ3n) is 5.26. The molecular weight excluding hydrogens is 392 g/mol. The van der Waals surface area contributed by atoms with Gasteiger partial charge in [0.15, 0.2) is 10.9 Å². The summed E-state index contributed by atoms with van der Waals surface area (Å²) in [6.45, 7) is 2.30. The fraction of sp³-hybridized carbons (Fsp3) is 0.182. The number of anilines is 1. The number of benzene rings is 3. The van der Waals surface area contributed by atoms with Crippen LogP contribution in [0.15, 0.2) is 54.6 Å². The Balaban J connectivity index is 1.35. The van der Waals surface area contributed by atoms with Gasteiger partial charge in [0.1, 0.15) is 11.3 Å². The van der Waals surface area contributed by atoms with E-state index in [2.05, 4.69) is 4.98 Å². The first-order valence-electron chi connectivity index (χ1n) is 9.38. The summed E-state index contributed by atoms with van der Waals surface area (Å²) in [6.07, 6.45) is 0. The van der Waals surface area contributed by atoms with Crippen LogP contribution in [0.4, 0.5) is 13.9 Å². The van der Waals surface area contributed by atoms with Gasteiger partial charge in [0.25, 0.3) is 5.91 Å². The predicted octanol–water partition coefficient (Wildman–Crippen LogP) is 4.69. The third kappa shape index (κ3) is 3.21. The highest BCUT2D eigenvalue weighted by Crippen LogP contribution is 2.32. The van der Waals surface area contributed by atoms with Gasteiger partial charge in [-0.1, -0.05) is 47.7 Å². The summed E-state index contributed by atoms with van der Waals surface area (Å²) in [4.78, 5) is 21.3. The molecule has 0 spiro atoms. The quantitative estimate of drug-likeness (QED) is 0.482. The van der Waals surface area contributed by atoms with E-state index in [1.54, 1.807) is 0 Å². The zero-order chi connectivity index (χ0) is 20.0. The monoisotopic (exact) mass is 409 g/mol. The normalized spacial score (nSPS) is 14.7. The van der Waals surface area contributed by atoms with Crippen LogP contribution >= 0.6 is 11.3 Å². The lowest BCUT2D eigenvalue weighted by Crippen LogP contribution is -2.48. The minimum atomic E-state index is -0.646. The number of carbonyl (C=O) groups is 1. The van der Waals surface area contributed by atoms with E-state index < -0.39 is 11.6 Å². The zero-order valence-corrected chi connectivity index (χ0v) is 16.3. The Morgan fingerprint density at radius 2 is 1.72 bits per heavy atom. The number of piperazine rings is 1. The van der Waals surface area contributed by atoms with Gasteiger partial charge in [-0.2, -0.15) is 0 Å². The first-order chi connectivity index (χ1) is 14.1. The topological polar surface area (TPSA) is 36.4 Å². The highest BCUT2D eigenvalue weighted by atomic mass is 32.1. The third-order valence-corrected chi connectivity index (χ3v) is 6.32. The molecule has 0 N–H and O–H groups in total. The van der Waals surface area contributed by atoms with Gasteiger partial charge >= 0.3 is 0 Å². The Hall–Kier alpha value is -3.06. The molecule has 0 aliphatic carbocycles. The summed E-state index contributed by atoms with van der Waals surface area (Å²) in [7, 11) is 0. The lowest BCUT2D eigenvalue weighted by molar-refractivity contribution is 0.0749. The van der Waals surface area contributed by atoms with Crippen molar-refractivity contribution in [1.82, 2.24) is 9.88 Å². The van der Waals surface area contributed by atoms with Gasteiger partial charge in [-0.05, 0) is 22.9 Å². The molecule has 0 bridgehead atoms. The lowest BCUT2D eigenvalue weighted by Gasteiger charge is -2.34. The van der Waals surface area contributed by atoms with E-state index in [4.69, 9.17) is 0 Å². The molecule has 0 atom stereocenters. The van der Waals surface area contributed by atoms with Crippen LogP contribution in [-0.2, 0) is 0 Å². The van der Waals surface area contributed by atoms with Gasteiger partial charge < -0.3 is 9.80 Å². The fourth-order valence-electron chi connectivity index (χ4n) is 3.76. The molecule has 1 saturated heterocycles. The van der Waals surface area contributed by atoms with Crippen molar-refractivity contribution in [2.75, 3.05) is 31.1 Å². The average Bonchev–Trinajstić information content (AvgIpc) is 3.17. The van der Waals surface area contributed by atoms with Gasteiger partial charge in [-0.3, -0.25) is 4.79 Å². The van der Waals surface area contributed by atoms with Crippen LogP contribution in [0.5, 0.6) is 0 Å². The number of rotatable bonds is 2. The van der Waals surface area contributed by atoms with Crippen molar-refractivity contribution < 1.29 is 13.6 Å². The van der Waals surface area contributed by atoms with Crippen molar-refractivity contribution in [2.45, 2.75) is 0 Å². The van der Waals surface area contributed by atoms with Crippen molar-refractivity contribution in [3.63, 3.8) is 0 Å². The van der Waals surface area contributed by atoms with Crippen LogP contribution in [0.3, 0.4) is 0 Å². The molecule has 0 saturated carbocycles. The maximum absolute atomic E-state index is 13.9. The molecule has 0 radical (unpaired) electrons. The first kappa shape index (κ1) is 18.0. The van der Waals surface area contributed by atoms with E-state index in [1.807, 2.05) is 52.3 Å². The Labute approximate surface area is 170 Å². The van der Waals surface area contributed by atoms with E-state index in [0.717, 1.165) is 16.8 Å². The molecule has 0 unspecified atom stereocenters. The molecule has 3 aromatic carbocycles. The molecule has 1 aromatic heterocycles. The predicted molar refractivity (Wildman–Crippen MR) is 112 cm³/mol. The standard InChI is InChI=1S/C22H17F2N3OS/c23-15-12-18(24)20-19(13-15)29-22(25-20)27-10-8-26(9-11-27)21(28)17-7-3-5-14-4-1-2-6-16(14)17/h1-7,12-13H,8-11H2. The Morgan fingerprint density at radius 3 is 2.55 bits per heavy atom. The van der Waals surface area contributed by atoms with Crippen LogP contribution in [0.1, 0.15) is 10.4 Å². The molecule has 1 fully saturated rings. The molecule has 5 rings (SSSR count). The number of nitrogens with zero attached hydrogens (tertiary/aromatic N) is 3. The number of hydrogen-bond acceptors (Lipinski definition) is 4. The molecule has 1 amide bonds. The number of halogens is 2. The average molecular weight is 409 g/mol. The highest BCUT2D eigenvalue weighted by molar-refractivity contribution is 7.22. The SMILES string of the molecule is O=C(c1cccc2ccccc12)N1CCN(c2nc3c(F)cc(F)cc3s2)CC1. The fourth-order valence-corrected chi connectivity index (χ4v) is 4.82. The summed E-state index contributed by atoms with van der Waals surface area (Å²) in [5.41, 5.74) is 0.898. The van der Waals surface area contributed by atoms with E-state index >= 15 is 0 Å². The van der Waals surface area contributed by atoms with Crippen molar-refractivity contribution in [3.8, 4) is 0 Å². The maximum Gasteiger partial charge on any atom is 0.254 e. The minimum absolute atomic E-state index is 0.0128. The van der Waals surface area contributed by atoms with Crippen LogP contribution in [0, 0.1) is 11.6 Å². The van der Waals surface area contributed by atoms with Gasteiger partial charge in [0, 0.05) is 37.8 Å². The Kier molecular flexibility index (Phi) is 4.39. The number of aromatic nitrogens is 1. The molecule has 1 aliphatic rings. The van der Waals surface area contributed by atoms with E-state index in [0.29, 0.717) is 41.6 Å². The summed E-state index contributed by atoms with van der Waals surface area (Å²) in [5, 5.41) is 2.65. The number of amides is 1. The first-order valence-corrected chi connectivity index (χ1v) is 10.2.